The summed E-state index contributed by atoms with van der Waals surface area (Å²) in [6, 6.07) is 5.95. The third kappa shape index (κ3) is 4.11. The largest absolute Gasteiger partial charge is 0.493 e. The average Bonchev–Trinajstić information content (AvgIpc) is 2.43. The van der Waals surface area contributed by atoms with E-state index in [1.165, 1.54) is 0 Å². The Kier molecular flexibility index (Phi) is 6.12. The lowest BCUT2D eigenvalue weighted by Gasteiger charge is -2.27. The predicted molar refractivity (Wildman–Crippen MR) is 76.9 cm³/mol. The van der Waals surface area contributed by atoms with E-state index in [4.69, 9.17) is 9.47 Å². The van der Waals surface area contributed by atoms with Crippen molar-refractivity contribution in [3.8, 4) is 11.5 Å². The maximum absolute atomic E-state index is 10.3. The summed E-state index contributed by atoms with van der Waals surface area (Å²) in [5, 5.41) is 10.3. The Bertz CT molecular complexity index is 393. The molecule has 4 nitrogen and oxygen atoms in total. The molecule has 0 fully saturated rings. The highest BCUT2D eigenvalue weighted by Crippen LogP contribution is 2.30. The molecule has 1 rings (SSSR count). The van der Waals surface area contributed by atoms with Crippen molar-refractivity contribution < 1.29 is 14.6 Å². The second-order valence-electron chi connectivity index (χ2n) is 4.81. The summed E-state index contributed by atoms with van der Waals surface area (Å²) in [7, 11) is 3.20. The number of rotatable bonds is 7. The van der Waals surface area contributed by atoms with Crippen molar-refractivity contribution in [2.45, 2.75) is 32.9 Å². The second kappa shape index (κ2) is 7.36. The van der Waals surface area contributed by atoms with Crippen LogP contribution in [0.3, 0.4) is 0 Å². The van der Waals surface area contributed by atoms with Crippen LogP contribution >= 0.6 is 0 Å². The van der Waals surface area contributed by atoms with Gasteiger partial charge in [-0.1, -0.05) is 13.0 Å². The fraction of sp³-hybridized carbons (Fsp3) is 0.600. The second-order valence-corrected chi connectivity index (χ2v) is 4.81. The first-order valence-electron chi connectivity index (χ1n) is 6.67. The van der Waals surface area contributed by atoms with Gasteiger partial charge in [0.2, 0.25) is 0 Å². The van der Waals surface area contributed by atoms with Gasteiger partial charge in [-0.3, -0.25) is 4.90 Å². The highest BCUT2D eigenvalue weighted by Gasteiger charge is 2.16. The first-order valence-corrected chi connectivity index (χ1v) is 6.67. The number of nitrogens with zero attached hydrogens (tertiary/aromatic N) is 1. The van der Waals surface area contributed by atoms with Gasteiger partial charge in [-0.05, 0) is 38.1 Å². The minimum atomic E-state index is -0.526. The van der Waals surface area contributed by atoms with E-state index in [0.29, 0.717) is 24.1 Å². The van der Waals surface area contributed by atoms with Gasteiger partial charge in [0.15, 0.2) is 11.5 Å². The van der Waals surface area contributed by atoms with Gasteiger partial charge >= 0.3 is 0 Å². The fourth-order valence-corrected chi connectivity index (χ4v) is 2.09. The number of ether oxygens (including phenoxy) is 2. The summed E-state index contributed by atoms with van der Waals surface area (Å²) in [4.78, 5) is 2.22. The van der Waals surface area contributed by atoms with E-state index in [0.717, 1.165) is 12.1 Å². The monoisotopic (exact) mass is 267 g/mol. The van der Waals surface area contributed by atoms with Gasteiger partial charge in [0.05, 0.1) is 20.3 Å². The highest BCUT2D eigenvalue weighted by molar-refractivity contribution is 5.43. The molecule has 0 aliphatic rings. The van der Waals surface area contributed by atoms with Gasteiger partial charge in [-0.15, -0.1) is 0 Å². The van der Waals surface area contributed by atoms with Crippen molar-refractivity contribution in [3.63, 3.8) is 0 Å². The predicted octanol–water partition coefficient (Wildman–Crippen LogP) is 2.47. The molecule has 1 aromatic rings. The van der Waals surface area contributed by atoms with Gasteiger partial charge in [0, 0.05) is 12.6 Å². The molecule has 108 valence electrons. The fourth-order valence-electron chi connectivity index (χ4n) is 2.09. The zero-order chi connectivity index (χ0) is 14.4. The van der Waals surface area contributed by atoms with Crippen molar-refractivity contribution in [2.24, 2.45) is 0 Å². The van der Waals surface area contributed by atoms with E-state index in [9.17, 15) is 5.11 Å². The van der Waals surface area contributed by atoms with Crippen LogP contribution in [-0.4, -0.2) is 43.4 Å². The third-order valence-electron chi connectivity index (χ3n) is 3.34. The first-order chi connectivity index (χ1) is 9.03. The summed E-state index contributed by atoms with van der Waals surface area (Å²) in [6.45, 7) is 7.89. The van der Waals surface area contributed by atoms with Crippen LogP contribution in [0.5, 0.6) is 11.5 Å². The summed E-state index contributed by atoms with van der Waals surface area (Å²) in [6.07, 6.45) is -0.526. The number of hydrogen-bond donors (Lipinski definition) is 1. The Morgan fingerprint density at radius 2 is 1.79 bits per heavy atom. The molecule has 0 aromatic heterocycles. The third-order valence-corrected chi connectivity index (χ3v) is 3.34. The standard InChI is InChI=1S/C15H25NO3/c1-6-16(11(2)3)10-13(17)12-7-8-14(18-4)15(9-12)19-5/h7-9,11,13,17H,6,10H2,1-5H3. The molecule has 0 saturated carbocycles. The molecule has 0 aliphatic carbocycles. The topological polar surface area (TPSA) is 41.9 Å². The summed E-state index contributed by atoms with van der Waals surface area (Å²) in [5.41, 5.74) is 0.844. The molecule has 1 N–H and O–H groups in total. The van der Waals surface area contributed by atoms with Crippen molar-refractivity contribution in [3.05, 3.63) is 23.8 Å². The smallest absolute Gasteiger partial charge is 0.161 e. The molecular weight excluding hydrogens is 242 g/mol. The molecule has 1 unspecified atom stereocenters. The number of methoxy groups -OCH3 is 2. The SMILES string of the molecule is CCN(CC(O)c1ccc(OC)c(OC)c1)C(C)C. The lowest BCUT2D eigenvalue weighted by molar-refractivity contribution is 0.0989. The quantitative estimate of drug-likeness (QED) is 0.824. The van der Waals surface area contributed by atoms with Crippen LogP contribution < -0.4 is 9.47 Å². The van der Waals surface area contributed by atoms with Crippen LogP contribution in [-0.2, 0) is 0 Å². The van der Waals surface area contributed by atoms with Gasteiger partial charge < -0.3 is 14.6 Å². The van der Waals surface area contributed by atoms with Crippen LogP contribution in [0.2, 0.25) is 0 Å². The summed E-state index contributed by atoms with van der Waals surface area (Å²) >= 11 is 0. The van der Waals surface area contributed by atoms with E-state index in [1.807, 2.05) is 18.2 Å². The molecule has 1 aromatic carbocycles. The Morgan fingerprint density at radius 3 is 2.26 bits per heavy atom. The van der Waals surface area contributed by atoms with E-state index < -0.39 is 6.10 Å². The molecule has 0 aliphatic heterocycles. The molecule has 4 heteroatoms. The first kappa shape index (κ1) is 15.8. The van der Waals surface area contributed by atoms with Crippen molar-refractivity contribution >= 4 is 0 Å². The van der Waals surface area contributed by atoms with E-state index in [-0.39, 0.29) is 0 Å². The van der Waals surface area contributed by atoms with E-state index in [1.54, 1.807) is 14.2 Å². The van der Waals surface area contributed by atoms with Crippen LogP contribution in [0.15, 0.2) is 18.2 Å². The maximum atomic E-state index is 10.3. The average molecular weight is 267 g/mol. The van der Waals surface area contributed by atoms with E-state index in [2.05, 4.69) is 25.7 Å². The number of benzene rings is 1. The Hall–Kier alpha value is -1.26. The maximum Gasteiger partial charge on any atom is 0.161 e. The van der Waals surface area contributed by atoms with Crippen LogP contribution in [0.4, 0.5) is 0 Å². The van der Waals surface area contributed by atoms with Crippen molar-refractivity contribution in [1.29, 1.82) is 0 Å². The Morgan fingerprint density at radius 1 is 1.16 bits per heavy atom. The van der Waals surface area contributed by atoms with Crippen LogP contribution in [0.1, 0.15) is 32.4 Å². The Balaban J connectivity index is 2.84. The summed E-state index contributed by atoms with van der Waals surface area (Å²) < 4.78 is 10.5. The minimum absolute atomic E-state index is 0.416. The lowest BCUT2D eigenvalue weighted by Crippen LogP contribution is -2.34. The molecule has 0 radical (unpaired) electrons. The molecule has 1 atom stereocenters. The Labute approximate surface area is 115 Å². The molecule has 0 saturated heterocycles. The molecular formula is C15H25NO3. The van der Waals surface area contributed by atoms with Gasteiger partial charge in [0.25, 0.3) is 0 Å². The zero-order valence-electron chi connectivity index (χ0n) is 12.5. The normalized spacial score (nSPS) is 12.8. The number of aliphatic hydroxyl groups excluding tert-OH is 1. The van der Waals surface area contributed by atoms with Crippen molar-refractivity contribution in [1.82, 2.24) is 4.90 Å². The van der Waals surface area contributed by atoms with Crippen molar-refractivity contribution in [2.75, 3.05) is 27.3 Å². The van der Waals surface area contributed by atoms with Gasteiger partial charge in [-0.2, -0.15) is 0 Å². The van der Waals surface area contributed by atoms with E-state index >= 15 is 0 Å². The highest BCUT2D eigenvalue weighted by atomic mass is 16.5. The number of aliphatic hydroxyl groups is 1. The number of likely N-dealkylation sites (N-methyl/N-ethyl adjacent to an activating group) is 1. The minimum Gasteiger partial charge on any atom is -0.493 e. The number of hydrogen-bond acceptors (Lipinski definition) is 4. The van der Waals surface area contributed by atoms with Crippen LogP contribution in [0, 0.1) is 0 Å². The molecule has 19 heavy (non-hydrogen) atoms. The molecule has 0 heterocycles. The molecule has 0 bridgehead atoms. The molecule has 0 spiro atoms. The van der Waals surface area contributed by atoms with Crippen LogP contribution in [0.25, 0.3) is 0 Å². The summed E-state index contributed by atoms with van der Waals surface area (Å²) in [5.74, 6) is 1.32. The van der Waals surface area contributed by atoms with Gasteiger partial charge in [-0.25, -0.2) is 0 Å². The zero-order valence-corrected chi connectivity index (χ0v) is 12.5. The molecule has 0 amide bonds. The lowest BCUT2D eigenvalue weighted by atomic mass is 10.1. The van der Waals surface area contributed by atoms with Gasteiger partial charge in [0.1, 0.15) is 0 Å².